The van der Waals surface area contributed by atoms with E-state index < -0.39 is 0 Å². The van der Waals surface area contributed by atoms with Crippen molar-refractivity contribution in [2.75, 3.05) is 6.54 Å². The van der Waals surface area contributed by atoms with Crippen LogP contribution in [0.3, 0.4) is 0 Å². The third kappa shape index (κ3) is 2.85. The topological polar surface area (TPSA) is 50.1 Å². The van der Waals surface area contributed by atoms with E-state index in [-0.39, 0.29) is 0 Å². The molecule has 0 amide bonds. The summed E-state index contributed by atoms with van der Waals surface area (Å²) in [4.78, 5) is 0. The molecule has 106 valence electrons. The van der Waals surface area contributed by atoms with E-state index in [0.29, 0.717) is 11.8 Å². The molecule has 0 fully saturated rings. The molecule has 0 bridgehead atoms. The number of aromatic nitrogens is 2. The molecular formula is C16H21N3O. The smallest absolute Gasteiger partial charge is 0.115 e. The van der Waals surface area contributed by atoms with Crippen LogP contribution >= 0.6 is 0 Å². The molecule has 1 aromatic heterocycles. The Kier molecular flexibility index (Phi) is 3.74. The fourth-order valence-corrected chi connectivity index (χ4v) is 2.94. The summed E-state index contributed by atoms with van der Waals surface area (Å²) in [6.45, 7) is 3.82. The monoisotopic (exact) mass is 271 g/mol. The van der Waals surface area contributed by atoms with Gasteiger partial charge in [-0.3, -0.25) is 4.68 Å². The van der Waals surface area contributed by atoms with Crippen LogP contribution in [0.1, 0.15) is 35.6 Å². The van der Waals surface area contributed by atoms with Gasteiger partial charge in [0.05, 0.1) is 12.7 Å². The minimum Gasteiger partial charge on any atom is -0.508 e. The maximum Gasteiger partial charge on any atom is 0.115 e. The first-order valence-corrected chi connectivity index (χ1v) is 7.26. The zero-order valence-corrected chi connectivity index (χ0v) is 11.8. The summed E-state index contributed by atoms with van der Waals surface area (Å²) in [5, 5.41) is 17.6. The number of phenolic OH excluding ortho intramolecular Hbond substituents is 1. The largest absolute Gasteiger partial charge is 0.508 e. The number of phenols is 1. The van der Waals surface area contributed by atoms with Crippen LogP contribution in [-0.4, -0.2) is 21.4 Å². The summed E-state index contributed by atoms with van der Waals surface area (Å²) in [6.07, 6.45) is 7.40. The number of nitrogens with one attached hydrogen (secondary N) is 1. The third-order valence-electron chi connectivity index (χ3n) is 3.94. The van der Waals surface area contributed by atoms with E-state index in [9.17, 15) is 5.11 Å². The van der Waals surface area contributed by atoms with Crippen LogP contribution in [0.4, 0.5) is 0 Å². The molecule has 1 aliphatic rings. The third-order valence-corrected chi connectivity index (χ3v) is 3.94. The van der Waals surface area contributed by atoms with Gasteiger partial charge in [0.25, 0.3) is 0 Å². The summed E-state index contributed by atoms with van der Waals surface area (Å²) in [5.74, 6) is 0.361. The van der Waals surface area contributed by atoms with Crippen molar-refractivity contribution in [3.63, 3.8) is 0 Å². The van der Waals surface area contributed by atoms with Crippen molar-refractivity contribution in [1.29, 1.82) is 0 Å². The zero-order valence-electron chi connectivity index (χ0n) is 11.8. The first-order valence-electron chi connectivity index (χ1n) is 7.26. The predicted octanol–water partition coefficient (Wildman–Crippen LogP) is 2.56. The number of aromatic hydroxyl groups is 1. The molecule has 1 atom stereocenters. The van der Waals surface area contributed by atoms with Gasteiger partial charge in [0.2, 0.25) is 0 Å². The molecule has 1 aliphatic carbocycles. The maximum atomic E-state index is 9.67. The summed E-state index contributed by atoms with van der Waals surface area (Å²) >= 11 is 0. The number of hydrogen-bond donors (Lipinski definition) is 2. The number of nitrogens with zero attached hydrogens (tertiary/aromatic N) is 2. The van der Waals surface area contributed by atoms with Gasteiger partial charge in [-0.15, -0.1) is 0 Å². The van der Waals surface area contributed by atoms with Crippen molar-refractivity contribution in [2.45, 2.75) is 38.8 Å². The highest BCUT2D eigenvalue weighted by Crippen LogP contribution is 2.31. The number of rotatable bonds is 4. The van der Waals surface area contributed by atoms with Crippen LogP contribution in [-0.2, 0) is 13.0 Å². The first kappa shape index (κ1) is 13.2. The van der Waals surface area contributed by atoms with Gasteiger partial charge in [-0.2, -0.15) is 5.10 Å². The normalized spacial score (nSPS) is 17.9. The lowest BCUT2D eigenvalue weighted by Gasteiger charge is -2.26. The second kappa shape index (κ2) is 5.67. The summed E-state index contributed by atoms with van der Waals surface area (Å²) in [7, 11) is 0. The Balaban J connectivity index is 1.63. The Hall–Kier alpha value is -1.81. The Morgan fingerprint density at radius 2 is 2.35 bits per heavy atom. The number of aryl methyl sites for hydroxylation is 2. The molecule has 20 heavy (non-hydrogen) atoms. The second-order valence-electron chi connectivity index (χ2n) is 5.56. The van der Waals surface area contributed by atoms with Gasteiger partial charge in [-0.25, -0.2) is 0 Å². The van der Waals surface area contributed by atoms with Gasteiger partial charge in [-0.1, -0.05) is 6.07 Å². The van der Waals surface area contributed by atoms with Crippen molar-refractivity contribution in [3.8, 4) is 5.75 Å². The molecule has 2 N–H and O–H groups in total. The molecule has 2 aromatic rings. The maximum absolute atomic E-state index is 9.67. The Labute approximate surface area is 119 Å². The van der Waals surface area contributed by atoms with Gasteiger partial charge in [-0.05, 0) is 55.0 Å². The standard InChI is InChI=1S/C16H21N3O/c1-12-10-18-19(11-12)8-7-17-16-4-2-3-13-5-6-14(20)9-15(13)16/h5-6,9-11,16-17,20H,2-4,7-8H2,1H3. The van der Waals surface area contributed by atoms with E-state index in [0.717, 1.165) is 25.9 Å². The quantitative estimate of drug-likeness (QED) is 0.898. The van der Waals surface area contributed by atoms with Crippen LogP contribution in [0.25, 0.3) is 0 Å². The van der Waals surface area contributed by atoms with E-state index >= 15 is 0 Å². The van der Waals surface area contributed by atoms with Crippen LogP contribution in [0.2, 0.25) is 0 Å². The minimum absolute atomic E-state index is 0.350. The van der Waals surface area contributed by atoms with E-state index in [1.54, 1.807) is 6.07 Å². The molecule has 0 aliphatic heterocycles. The van der Waals surface area contributed by atoms with Crippen molar-refractivity contribution in [2.24, 2.45) is 0 Å². The van der Waals surface area contributed by atoms with Gasteiger partial charge >= 0.3 is 0 Å². The number of fused-ring (bicyclic) bond motifs is 1. The second-order valence-corrected chi connectivity index (χ2v) is 5.56. The highest BCUT2D eigenvalue weighted by molar-refractivity contribution is 5.38. The molecule has 1 heterocycles. The van der Waals surface area contributed by atoms with E-state index in [4.69, 9.17) is 0 Å². The van der Waals surface area contributed by atoms with E-state index in [1.165, 1.54) is 23.1 Å². The van der Waals surface area contributed by atoms with Gasteiger partial charge < -0.3 is 10.4 Å². The average molecular weight is 271 g/mol. The SMILES string of the molecule is Cc1cnn(CCNC2CCCc3ccc(O)cc32)c1. The fourth-order valence-electron chi connectivity index (χ4n) is 2.94. The molecule has 0 saturated heterocycles. The molecule has 3 rings (SSSR count). The van der Waals surface area contributed by atoms with Gasteiger partial charge in [0.1, 0.15) is 5.75 Å². The summed E-state index contributed by atoms with van der Waals surface area (Å²) in [6, 6.07) is 6.09. The number of benzene rings is 1. The molecular weight excluding hydrogens is 250 g/mol. The van der Waals surface area contributed by atoms with Crippen LogP contribution in [0.15, 0.2) is 30.6 Å². The molecule has 1 unspecified atom stereocenters. The van der Waals surface area contributed by atoms with Gasteiger partial charge in [0, 0.05) is 18.8 Å². The Morgan fingerprint density at radius 1 is 1.45 bits per heavy atom. The van der Waals surface area contributed by atoms with E-state index in [1.807, 2.05) is 16.9 Å². The molecule has 4 nitrogen and oxygen atoms in total. The lowest BCUT2D eigenvalue weighted by Crippen LogP contribution is -2.28. The molecule has 4 heteroatoms. The molecule has 1 aromatic carbocycles. The predicted molar refractivity (Wildman–Crippen MR) is 78.8 cm³/mol. The van der Waals surface area contributed by atoms with Crippen LogP contribution in [0, 0.1) is 6.92 Å². The highest BCUT2D eigenvalue weighted by Gasteiger charge is 2.19. The first-order chi connectivity index (χ1) is 9.72. The van der Waals surface area contributed by atoms with Crippen molar-refractivity contribution < 1.29 is 5.11 Å². The lowest BCUT2D eigenvalue weighted by atomic mass is 9.87. The summed E-state index contributed by atoms with van der Waals surface area (Å²) < 4.78 is 1.97. The van der Waals surface area contributed by atoms with Gasteiger partial charge in [0.15, 0.2) is 0 Å². The van der Waals surface area contributed by atoms with E-state index in [2.05, 4.69) is 29.6 Å². The van der Waals surface area contributed by atoms with Crippen molar-refractivity contribution >= 4 is 0 Å². The number of hydrogen-bond acceptors (Lipinski definition) is 3. The highest BCUT2D eigenvalue weighted by atomic mass is 16.3. The average Bonchev–Trinajstić information content (AvgIpc) is 2.85. The summed E-state index contributed by atoms with van der Waals surface area (Å²) in [5.41, 5.74) is 3.81. The zero-order chi connectivity index (χ0) is 13.9. The molecule has 0 saturated carbocycles. The van der Waals surface area contributed by atoms with Crippen LogP contribution < -0.4 is 5.32 Å². The van der Waals surface area contributed by atoms with Crippen molar-refractivity contribution in [1.82, 2.24) is 15.1 Å². The Bertz CT molecular complexity index is 591. The minimum atomic E-state index is 0.350. The van der Waals surface area contributed by atoms with Crippen molar-refractivity contribution in [3.05, 3.63) is 47.3 Å². The fraction of sp³-hybridized carbons (Fsp3) is 0.438. The lowest BCUT2D eigenvalue weighted by molar-refractivity contribution is 0.430. The van der Waals surface area contributed by atoms with Crippen LogP contribution in [0.5, 0.6) is 5.75 Å². The molecule has 0 spiro atoms. The molecule has 0 radical (unpaired) electrons. The Morgan fingerprint density at radius 3 is 3.15 bits per heavy atom.